The van der Waals surface area contributed by atoms with Crippen molar-refractivity contribution in [3.05, 3.63) is 0 Å². The van der Waals surface area contributed by atoms with E-state index in [2.05, 4.69) is 31.0 Å². The summed E-state index contributed by atoms with van der Waals surface area (Å²) in [4.78, 5) is 14.2. The molecule has 3 heteroatoms. The summed E-state index contributed by atoms with van der Waals surface area (Å²) in [5.74, 6) is 1.67. The van der Waals surface area contributed by atoms with E-state index < -0.39 is 0 Å². The average Bonchev–Trinajstić information content (AvgIpc) is 2.87. The molecule has 0 aromatic carbocycles. The van der Waals surface area contributed by atoms with Crippen molar-refractivity contribution in [3.63, 3.8) is 0 Å². The minimum absolute atomic E-state index is 0.276. The van der Waals surface area contributed by atoms with Gasteiger partial charge in [0.2, 0.25) is 5.91 Å². The zero-order valence-electron chi connectivity index (χ0n) is 11.4. The fourth-order valence-electron chi connectivity index (χ4n) is 3.39. The predicted molar refractivity (Wildman–Crippen MR) is 69.5 cm³/mol. The lowest BCUT2D eigenvalue weighted by Crippen LogP contribution is -2.46. The second-order valence-electron chi connectivity index (χ2n) is 6.11. The van der Waals surface area contributed by atoms with Crippen molar-refractivity contribution in [1.29, 1.82) is 0 Å². The monoisotopic (exact) mass is 238 g/mol. The van der Waals surface area contributed by atoms with Gasteiger partial charge in [-0.1, -0.05) is 26.7 Å². The highest BCUT2D eigenvalue weighted by molar-refractivity contribution is 5.81. The summed E-state index contributed by atoms with van der Waals surface area (Å²) in [6.07, 6.45) is 6.65. The standard InChI is InChI=1S/C14H26N2O/c1-10(2)8-13-15-9-14(17)16(13)11(3)12-6-4-5-7-12/h10-13,15H,4-9H2,1-3H3. The SMILES string of the molecule is CC(C)CC1NCC(=O)N1C(C)C1CCCC1. The molecule has 17 heavy (non-hydrogen) atoms. The van der Waals surface area contributed by atoms with Gasteiger partial charge in [-0.05, 0) is 38.0 Å². The van der Waals surface area contributed by atoms with Crippen LogP contribution in [0.25, 0.3) is 0 Å². The smallest absolute Gasteiger partial charge is 0.238 e. The van der Waals surface area contributed by atoms with Crippen molar-refractivity contribution < 1.29 is 4.79 Å². The van der Waals surface area contributed by atoms with E-state index in [1.54, 1.807) is 0 Å². The summed E-state index contributed by atoms with van der Waals surface area (Å²) in [6, 6.07) is 0.420. The van der Waals surface area contributed by atoms with Crippen LogP contribution in [0, 0.1) is 11.8 Å². The van der Waals surface area contributed by atoms with Crippen molar-refractivity contribution in [1.82, 2.24) is 10.2 Å². The maximum Gasteiger partial charge on any atom is 0.238 e. The molecule has 1 N–H and O–H groups in total. The Balaban J connectivity index is 2.01. The van der Waals surface area contributed by atoms with Crippen LogP contribution in [0.1, 0.15) is 52.9 Å². The first-order chi connectivity index (χ1) is 8.09. The first kappa shape index (κ1) is 12.9. The normalized spacial score (nSPS) is 28.4. The Kier molecular flexibility index (Phi) is 4.08. The molecular weight excluding hydrogens is 212 g/mol. The van der Waals surface area contributed by atoms with Crippen LogP contribution in [0.5, 0.6) is 0 Å². The Morgan fingerprint density at radius 1 is 1.29 bits per heavy atom. The molecule has 0 aromatic rings. The lowest BCUT2D eigenvalue weighted by atomic mass is 9.97. The molecule has 2 unspecified atom stereocenters. The van der Waals surface area contributed by atoms with Crippen LogP contribution in [0.15, 0.2) is 0 Å². The first-order valence-electron chi connectivity index (χ1n) is 7.14. The minimum atomic E-state index is 0.276. The lowest BCUT2D eigenvalue weighted by molar-refractivity contribution is -0.131. The fourth-order valence-corrected chi connectivity index (χ4v) is 3.39. The lowest BCUT2D eigenvalue weighted by Gasteiger charge is -2.34. The van der Waals surface area contributed by atoms with E-state index in [9.17, 15) is 4.79 Å². The van der Waals surface area contributed by atoms with E-state index >= 15 is 0 Å². The molecule has 2 rings (SSSR count). The second kappa shape index (κ2) is 5.38. The Bertz CT molecular complexity index is 271. The summed E-state index contributed by atoms with van der Waals surface area (Å²) < 4.78 is 0. The molecule has 0 bridgehead atoms. The molecular formula is C14H26N2O. The van der Waals surface area contributed by atoms with E-state index in [4.69, 9.17) is 0 Å². The molecule has 1 aliphatic carbocycles. The molecule has 3 nitrogen and oxygen atoms in total. The average molecular weight is 238 g/mol. The zero-order valence-corrected chi connectivity index (χ0v) is 11.4. The van der Waals surface area contributed by atoms with Crippen molar-refractivity contribution in [2.24, 2.45) is 11.8 Å². The Morgan fingerprint density at radius 3 is 2.53 bits per heavy atom. The molecule has 0 spiro atoms. The Morgan fingerprint density at radius 2 is 1.94 bits per heavy atom. The Hall–Kier alpha value is -0.570. The maximum atomic E-state index is 12.0. The van der Waals surface area contributed by atoms with Gasteiger partial charge in [-0.25, -0.2) is 0 Å². The van der Waals surface area contributed by atoms with Gasteiger partial charge in [0.05, 0.1) is 12.7 Å². The number of carbonyl (C=O) groups is 1. The summed E-state index contributed by atoms with van der Waals surface area (Å²) in [5, 5.41) is 3.37. The summed E-state index contributed by atoms with van der Waals surface area (Å²) >= 11 is 0. The molecule has 1 saturated heterocycles. The Labute approximate surface area is 105 Å². The van der Waals surface area contributed by atoms with Crippen molar-refractivity contribution in [2.75, 3.05) is 6.54 Å². The number of hydrogen-bond acceptors (Lipinski definition) is 2. The molecule has 2 aliphatic rings. The number of nitrogens with zero attached hydrogens (tertiary/aromatic N) is 1. The number of nitrogens with one attached hydrogen (secondary N) is 1. The van der Waals surface area contributed by atoms with Gasteiger partial charge in [-0.15, -0.1) is 0 Å². The molecule has 1 heterocycles. The quantitative estimate of drug-likeness (QED) is 0.815. The predicted octanol–water partition coefficient (Wildman–Crippen LogP) is 2.37. The molecule has 1 amide bonds. The molecule has 2 fully saturated rings. The van der Waals surface area contributed by atoms with Gasteiger partial charge >= 0.3 is 0 Å². The van der Waals surface area contributed by atoms with E-state index in [0.29, 0.717) is 24.4 Å². The molecule has 98 valence electrons. The zero-order chi connectivity index (χ0) is 12.4. The minimum Gasteiger partial charge on any atom is -0.323 e. The summed E-state index contributed by atoms with van der Waals surface area (Å²) in [7, 11) is 0. The van der Waals surface area contributed by atoms with E-state index in [0.717, 1.165) is 12.3 Å². The molecule has 1 aliphatic heterocycles. The van der Waals surface area contributed by atoms with Crippen molar-refractivity contribution in [2.45, 2.75) is 65.1 Å². The van der Waals surface area contributed by atoms with Crippen LogP contribution in [0.2, 0.25) is 0 Å². The van der Waals surface area contributed by atoms with Crippen LogP contribution in [0.3, 0.4) is 0 Å². The van der Waals surface area contributed by atoms with Crippen LogP contribution >= 0.6 is 0 Å². The highest BCUT2D eigenvalue weighted by Gasteiger charge is 2.37. The highest BCUT2D eigenvalue weighted by Crippen LogP contribution is 2.32. The first-order valence-corrected chi connectivity index (χ1v) is 7.14. The molecule has 1 saturated carbocycles. The number of hydrogen-bond donors (Lipinski definition) is 1. The summed E-state index contributed by atoms with van der Waals surface area (Å²) in [6.45, 7) is 7.23. The second-order valence-corrected chi connectivity index (χ2v) is 6.11. The number of rotatable bonds is 4. The number of amides is 1. The van der Waals surface area contributed by atoms with Crippen LogP contribution in [0.4, 0.5) is 0 Å². The van der Waals surface area contributed by atoms with E-state index in [1.807, 2.05) is 0 Å². The van der Waals surface area contributed by atoms with Crippen LogP contribution in [-0.4, -0.2) is 29.6 Å². The van der Waals surface area contributed by atoms with E-state index in [-0.39, 0.29) is 6.17 Å². The number of carbonyl (C=O) groups excluding carboxylic acids is 1. The third-order valence-corrected chi connectivity index (χ3v) is 4.33. The van der Waals surface area contributed by atoms with Gasteiger partial charge in [0.15, 0.2) is 0 Å². The van der Waals surface area contributed by atoms with Gasteiger partial charge in [0.1, 0.15) is 0 Å². The topological polar surface area (TPSA) is 32.3 Å². The van der Waals surface area contributed by atoms with Gasteiger partial charge in [0, 0.05) is 6.04 Å². The molecule has 0 radical (unpaired) electrons. The summed E-state index contributed by atoms with van der Waals surface area (Å²) in [5.41, 5.74) is 0. The van der Waals surface area contributed by atoms with Gasteiger partial charge < -0.3 is 4.90 Å². The largest absolute Gasteiger partial charge is 0.323 e. The van der Waals surface area contributed by atoms with Crippen LogP contribution < -0.4 is 5.32 Å². The third-order valence-electron chi connectivity index (χ3n) is 4.33. The van der Waals surface area contributed by atoms with E-state index in [1.165, 1.54) is 25.7 Å². The molecule has 2 atom stereocenters. The van der Waals surface area contributed by atoms with Crippen LogP contribution in [-0.2, 0) is 4.79 Å². The van der Waals surface area contributed by atoms with Gasteiger partial charge in [-0.3, -0.25) is 10.1 Å². The van der Waals surface area contributed by atoms with Crippen molar-refractivity contribution in [3.8, 4) is 0 Å². The molecule has 0 aromatic heterocycles. The third kappa shape index (κ3) is 2.82. The fraction of sp³-hybridized carbons (Fsp3) is 0.929. The maximum absolute atomic E-state index is 12.0. The van der Waals surface area contributed by atoms with Crippen molar-refractivity contribution >= 4 is 5.91 Å². The van der Waals surface area contributed by atoms with Gasteiger partial charge in [-0.2, -0.15) is 0 Å². The van der Waals surface area contributed by atoms with Gasteiger partial charge in [0.25, 0.3) is 0 Å². The highest BCUT2D eigenvalue weighted by atomic mass is 16.2.